The molecular weight excluding hydrogens is 376 g/mol. The van der Waals surface area contributed by atoms with Crippen molar-refractivity contribution in [1.82, 2.24) is 0 Å². The first kappa shape index (κ1) is 30.5. The van der Waals surface area contributed by atoms with Crippen molar-refractivity contribution in [2.45, 2.75) is 180 Å². The Labute approximate surface area is 197 Å². The van der Waals surface area contributed by atoms with E-state index in [-0.39, 0.29) is 6.10 Å². The standard InChI is InChI=1S/C30H58O/c1-3-5-7-9-11-13-14-15-16-17-18-19-20-21-23-25-27-29-30(31)28-26-24-22-12-10-8-6-4-2/h30-31H,3-9,11,13-29H2,1-2H3/t30-/m0/s1. The Morgan fingerprint density at radius 1 is 0.419 bits per heavy atom. The SMILES string of the molecule is CCCCC#CCCCC[C@H](O)CCCCCCCCCCCCCCCCCCC. The molecule has 0 aliphatic heterocycles. The highest BCUT2D eigenvalue weighted by Crippen LogP contribution is 2.15. The first-order valence-corrected chi connectivity index (χ1v) is 14.4. The third-order valence-corrected chi connectivity index (χ3v) is 6.51. The van der Waals surface area contributed by atoms with Gasteiger partial charge in [0.15, 0.2) is 0 Å². The maximum Gasteiger partial charge on any atom is 0.0540 e. The molecule has 0 aromatic heterocycles. The van der Waals surface area contributed by atoms with E-state index < -0.39 is 0 Å². The van der Waals surface area contributed by atoms with Crippen LogP contribution in [0.1, 0.15) is 174 Å². The second-order valence-corrected chi connectivity index (χ2v) is 9.80. The summed E-state index contributed by atoms with van der Waals surface area (Å²) in [6.07, 6.45) is 32.7. The minimum absolute atomic E-state index is 0.0793. The average molecular weight is 435 g/mol. The van der Waals surface area contributed by atoms with Crippen LogP contribution in [0.2, 0.25) is 0 Å². The fraction of sp³-hybridized carbons (Fsp3) is 0.933. The summed E-state index contributed by atoms with van der Waals surface area (Å²) in [4.78, 5) is 0. The van der Waals surface area contributed by atoms with E-state index in [1.807, 2.05) is 0 Å². The Morgan fingerprint density at radius 3 is 1.16 bits per heavy atom. The van der Waals surface area contributed by atoms with E-state index in [0.717, 1.165) is 38.5 Å². The Balaban J connectivity index is 3.16. The minimum atomic E-state index is -0.0793. The molecule has 0 aromatic rings. The number of rotatable bonds is 24. The molecule has 0 saturated carbocycles. The molecule has 0 heterocycles. The molecule has 1 atom stereocenters. The monoisotopic (exact) mass is 434 g/mol. The summed E-state index contributed by atoms with van der Waals surface area (Å²) in [6.45, 7) is 4.51. The summed E-state index contributed by atoms with van der Waals surface area (Å²) in [5, 5.41) is 10.1. The maximum absolute atomic E-state index is 10.1. The predicted octanol–water partition coefficient (Wildman–Crippen LogP) is 10.1. The zero-order valence-corrected chi connectivity index (χ0v) is 21.7. The molecular formula is C30H58O. The lowest BCUT2D eigenvalue weighted by Crippen LogP contribution is -2.05. The van der Waals surface area contributed by atoms with E-state index in [4.69, 9.17) is 0 Å². The molecule has 0 saturated heterocycles. The van der Waals surface area contributed by atoms with Crippen LogP contribution in [0.25, 0.3) is 0 Å². The third kappa shape index (κ3) is 27.5. The molecule has 0 aliphatic rings. The van der Waals surface area contributed by atoms with Gasteiger partial charge in [-0.1, -0.05) is 129 Å². The normalized spacial score (nSPS) is 12.0. The molecule has 0 bridgehead atoms. The van der Waals surface area contributed by atoms with E-state index in [1.165, 1.54) is 122 Å². The number of aliphatic hydroxyl groups is 1. The molecule has 0 spiro atoms. The van der Waals surface area contributed by atoms with Gasteiger partial charge in [0.2, 0.25) is 0 Å². The second kappa shape index (κ2) is 27.6. The van der Waals surface area contributed by atoms with Crippen molar-refractivity contribution >= 4 is 0 Å². The highest BCUT2D eigenvalue weighted by molar-refractivity contribution is 4.98. The lowest BCUT2D eigenvalue weighted by atomic mass is 10.0. The minimum Gasteiger partial charge on any atom is -0.393 e. The van der Waals surface area contributed by atoms with Crippen LogP contribution in [0.3, 0.4) is 0 Å². The molecule has 0 radical (unpaired) electrons. The fourth-order valence-electron chi connectivity index (χ4n) is 4.28. The third-order valence-electron chi connectivity index (χ3n) is 6.51. The highest BCUT2D eigenvalue weighted by Gasteiger charge is 2.03. The van der Waals surface area contributed by atoms with Crippen LogP contribution in [0.5, 0.6) is 0 Å². The van der Waals surface area contributed by atoms with E-state index in [9.17, 15) is 5.11 Å². The summed E-state index contributed by atoms with van der Waals surface area (Å²) < 4.78 is 0. The smallest absolute Gasteiger partial charge is 0.0540 e. The van der Waals surface area contributed by atoms with Gasteiger partial charge in [-0.05, 0) is 32.1 Å². The average Bonchev–Trinajstić information content (AvgIpc) is 2.77. The van der Waals surface area contributed by atoms with Crippen molar-refractivity contribution in [3.63, 3.8) is 0 Å². The summed E-state index contributed by atoms with van der Waals surface area (Å²) in [5.74, 6) is 6.51. The van der Waals surface area contributed by atoms with Gasteiger partial charge in [0, 0.05) is 12.8 Å². The van der Waals surface area contributed by atoms with E-state index in [2.05, 4.69) is 25.7 Å². The molecule has 1 nitrogen and oxygen atoms in total. The van der Waals surface area contributed by atoms with Gasteiger partial charge in [-0.25, -0.2) is 0 Å². The lowest BCUT2D eigenvalue weighted by molar-refractivity contribution is 0.147. The van der Waals surface area contributed by atoms with Crippen molar-refractivity contribution < 1.29 is 5.11 Å². The number of aliphatic hydroxyl groups excluding tert-OH is 1. The Kier molecular flexibility index (Phi) is 27.1. The quantitative estimate of drug-likeness (QED) is 0.118. The van der Waals surface area contributed by atoms with Gasteiger partial charge in [0.25, 0.3) is 0 Å². The van der Waals surface area contributed by atoms with Gasteiger partial charge in [-0.2, -0.15) is 0 Å². The van der Waals surface area contributed by atoms with Crippen molar-refractivity contribution in [1.29, 1.82) is 0 Å². The van der Waals surface area contributed by atoms with Gasteiger partial charge in [0.1, 0.15) is 0 Å². The van der Waals surface area contributed by atoms with Crippen LogP contribution in [-0.2, 0) is 0 Å². The van der Waals surface area contributed by atoms with Gasteiger partial charge in [-0.15, -0.1) is 11.8 Å². The van der Waals surface area contributed by atoms with Crippen molar-refractivity contribution in [2.24, 2.45) is 0 Å². The Hall–Kier alpha value is -0.480. The first-order valence-electron chi connectivity index (χ1n) is 14.4. The van der Waals surface area contributed by atoms with Gasteiger partial charge >= 0.3 is 0 Å². The molecule has 0 aliphatic carbocycles. The van der Waals surface area contributed by atoms with Crippen LogP contribution in [-0.4, -0.2) is 11.2 Å². The summed E-state index contributed by atoms with van der Waals surface area (Å²) in [6, 6.07) is 0. The fourth-order valence-corrected chi connectivity index (χ4v) is 4.28. The number of unbranched alkanes of at least 4 members (excludes halogenated alkanes) is 20. The predicted molar refractivity (Wildman–Crippen MR) is 141 cm³/mol. The molecule has 0 aromatic carbocycles. The molecule has 0 fully saturated rings. The molecule has 184 valence electrons. The van der Waals surface area contributed by atoms with Crippen LogP contribution in [0.15, 0.2) is 0 Å². The molecule has 0 rings (SSSR count). The van der Waals surface area contributed by atoms with E-state index in [0.29, 0.717) is 0 Å². The summed E-state index contributed by atoms with van der Waals surface area (Å²) in [5.41, 5.74) is 0. The van der Waals surface area contributed by atoms with Gasteiger partial charge in [0.05, 0.1) is 6.10 Å². The molecule has 0 unspecified atom stereocenters. The summed E-state index contributed by atoms with van der Waals surface area (Å²) in [7, 11) is 0. The highest BCUT2D eigenvalue weighted by atomic mass is 16.3. The Bertz CT molecular complexity index is 378. The zero-order chi connectivity index (χ0) is 22.7. The second-order valence-electron chi connectivity index (χ2n) is 9.80. The number of hydrogen-bond acceptors (Lipinski definition) is 1. The largest absolute Gasteiger partial charge is 0.393 e. The van der Waals surface area contributed by atoms with Gasteiger partial charge in [-0.3, -0.25) is 0 Å². The Morgan fingerprint density at radius 2 is 0.742 bits per heavy atom. The number of hydrogen-bond donors (Lipinski definition) is 1. The molecule has 0 amide bonds. The van der Waals surface area contributed by atoms with Crippen molar-refractivity contribution in [3.05, 3.63) is 0 Å². The maximum atomic E-state index is 10.1. The topological polar surface area (TPSA) is 20.2 Å². The van der Waals surface area contributed by atoms with E-state index in [1.54, 1.807) is 0 Å². The first-order chi connectivity index (χ1) is 15.3. The van der Waals surface area contributed by atoms with Crippen LogP contribution in [0, 0.1) is 11.8 Å². The van der Waals surface area contributed by atoms with Crippen LogP contribution < -0.4 is 0 Å². The van der Waals surface area contributed by atoms with Crippen molar-refractivity contribution in [3.8, 4) is 11.8 Å². The molecule has 1 heteroatoms. The van der Waals surface area contributed by atoms with E-state index >= 15 is 0 Å². The zero-order valence-electron chi connectivity index (χ0n) is 21.7. The lowest BCUT2D eigenvalue weighted by Gasteiger charge is -2.09. The van der Waals surface area contributed by atoms with Crippen LogP contribution >= 0.6 is 0 Å². The molecule has 31 heavy (non-hydrogen) atoms. The molecule has 1 N–H and O–H groups in total. The van der Waals surface area contributed by atoms with Gasteiger partial charge < -0.3 is 5.11 Å². The van der Waals surface area contributed by atoms with Crippen molar-refractivity contribution in [2.75, 3.05) is 0 Å². The van der Waals surface area contributed by atoms with Crippen LogP contribution in [0.4, 0.5) is 0 Å². The summed E-state index contributed by atoms with van der Waals surface area (Å²) >= 11 is 0.